The Balaban J connectivity index is 1.42. The summed E-state index contributed by atoms with van der Waals surface area (Å²) in [6, 6.07) is 9.88. The molecule has 0 aromatic heterocycles. The molecule has 0 aliphatic carbocycles. The first-order chi connectivity index (χ1) is 11.7. The zero-order valence-corrected chi connectivity index (χ0v) is 13.9. The molecule has 2 heterocycles. The molecule has 4 unspecified atom stereocenters. The molecule has 2 fully saturated rings. The van der Waals surface area contributed by atoms with Crippen LogP contribution in [0, 0.1) is 11.8 Å². The summed E-state index contributed by atoms with van der Waals surface area (Å²) in [5.74, 6) is 0.915. The number of hydrogen-bond donors (Lipinski definition) is 1. The van der Waals surface area contributed by atoms with Crippen LogP contribution in [0.2, 0.25) is 0 Å². The smallest absolute Gasteiger partial charge is 0.303 e. The average molecular weight is 334 g/mol. The van der Waals surface area contributed by atoms with Crippen LogP contribution in [0.5, 0.6) is 5.75 Å². The largest absolute Gasteiger partial charge is 0.493 e. The van der Waals surface area contributed by atoms with Gasteiger partial charge in [0.25, 0.3) is 0 Å². The Bertz CT molecular complexity index is 518. The number of carboxylic acid groups (broad SMARTS) is 1. The summed E-state index contributed by atoms with van der Waals surface area (Å²) < 4.78 is 17.8. The van der Waals surface area contributed by atoms with Crippen LogP contribution in [0.15, 0.2) is 30.3 Å². The summed E-state index contributed by atoms with van der Waals surface area (Å²) in [4.78, 5) is 10.5. The molecule has 2 saturated heterocycles. The van der Waals surface area contributed by atoms with Crippen LogP contribution in [0.4, 0.5) is 0 Å². The van der Waals surface area contributed by atoms with Crippen LogP contribution >= 0.6 is 0 Å². The standard InChI is InChI=1S/C19H26O5/c20-19(21)8-4-5-11-22-12-15-16(18-10-9-17(15)24-18)13-23-14-6-2-1-3-7-14/h1-3,6-7,15-18H,4-5,8-13H2,(H,20,21). The average Bonchev–Trinajstić information content (AvgIpc) is 3.18. The Labute approximate surface area is 142 Å². The Morgan fingerprint density at radius 1 is 1.08 bits per heavy atom. The number of aliphatic carboxylic acids is 1. The molecule has 2 bridgehead atoms. The van der Waals surface area contributed by atoms with Gasteiger partial charge in [0.15, 0.2) is 0 Å². The van der Waals surface area contributed by atoms with E-state index in [0.717, 1.165) is 25.0 Å². The second-order valence-electron chi connectivity index (χ2n) is 6.67. The maximum absolute atomic E-state index is 10.5. The molecule has 1 aromatic rings. The van der Waals surface area contributed by atoms with Gasteiger partial charge >= 0.3 is 5.97 Å². The predicted octanol–water partition coefficient (Wildman–Crippen LogP) is 3.13. The number of carbonyl (C=O) groups is 1. The number of benzene rings is 1. The maximum atomic E-state index is 10.5. The molecule has 0 saturated carbocycles. The molecule has 24 heavy (non-hydrogen) atoms. The van der Waals surface area contributed by atoms with Crippen LogP contribution in [0.1, 0.15) is 32.1 Å². The van der Waals surface area contributed by atoms with Gasteiger partial charge in [0, 0.05) is 24.9 Å². The zero-order valence-electron chi connectivity index (χ0n) is 13.9. The lowest BCUT2D eigenvalue weighted by Crippen LogP contribution is -2.34. The van der Waals surface area contributed by atoms with Crippen LogP contribution in [-0.2, 0) is 14.3 Å². The molecule has 132 valence electrons. The van der Waals surface area contributed by atoms with Gasteiger partial charge < -0.3 is 19.3 Å². The van der Waals surface area contributed by atoms with Crippen molar-refractivity contribution in [2.45, 2.75) is 44.3 Å². The van der Waals surface area contributed by atoms with Gasteiger partial charge in [-0.3, -0.25) is 4.79 Å². The van der Waals surface area contributed by atoms with Gasteiger partial charge in [-0.25, -0.2) is 0 Å². The normalized spacial score (nSPS) is 28.2. The SMILES string of the molecule is O=C(O)CCCCOCC1C2CCC(O2)C1COc1ccccc1. The van der Waals surface area contributed by atoms with E-state index in [2.05, 4.69) is 0 Å². The van der Waals surface area contributed by atoms with E-state index in [-0.39, 0.29) is 6.42 Å². The molecular weight excluding hydrogens is 308 g/mol. The van der Waals surface area contributed by atoms with Crippen LogP contribution in [0.3, 0.4) is 0 Å². The van der Waals surface area contributed by atoms with E-state index in [1.54, 1.807) is 0 Å². The summed E-state index contributed by atoms with van der Waals surface area (Å²) in [6.45, 7) is 1.96. The van der Waals surface area contributed by atoms with E-state index in [9.17, 15) is 4.79 Å². The minimum absolute atomic E-state index is 0.216. The van der Waals surface area contributed by atoms with Crippen molar-refractivity contribution >= 4 is 5.97 Å². The monoisotopic (exact) mass is 334 g/mol. The Kier molecular flexibility index (Phi) is 6.10. The van der Waals surface area contributed by atoms with Gasteiger partial charge in [0.05, 0.1) is 25.4 Å². The topological polar surface area (TPSA) is 65.0 Å². The van der Waals surface area contributed by atoms with E-state index in [1.807, 2.05) is 30.3 Å². The van der Waals surface area contributed by atoms with Gasteiger partial charge in [0.1, 0.15) is 5.75 Å². The summed E-state index contributed by atoms with van der Waals surface area (Å²) >= 11 is 0. The van der Waals surface area contributed by atoms with E-state index in [1.165, 1.54) is 0 Å². The van der Waals surface area contributed by atoms with Gasteiger partial charge in [-0.2, -0.15) is 0 Å². The van der Waals surface area contributed by atoms with Crippen molar-refractivity contribution in [2.75, 3.05) is 19.8 Å². The summed E-state index contributed by atoms with van der Waals surface area (Å²) in [7, 11) is 0. The number of para-hydroxylation sites is 1. The lowest BCUT2D eigenvalue weighted by molar-refractivity contribution is -0.137. The minimum atomic E-state index is -0.741. The van der Waals surface area contributed by atoms with Crippen molar-refractivity contribution in [3.63, 3.8) is 0 Å². The lowest BCUT2D eigenvalue weighted by Gasteiger charge is -2.27. The van der Waals surface area contributed by atoms with Crippen LogP contribution in [0.25, 0.3) is 0 Å². The first kappa shape index (κ1) is 17.2. The molecule has 3 rings (SSSR count). The minimum Gasteiger partial charge on any atom is -0.493 e. The highest BCUT2D eigenvalue weighted by Crippen LogP contribution is 2.43. The fraction of sp³-hybridized carbons (Fsp3) is 0.632. The molecule has 0 radical (unpaired) electrons. The van der Waals surface area contributed by atoms with Gasteiger partial charge in [-0.05, 0) is 37.8 Å². The third-order valence-electron chi connectivity index (χ3n) is 5.02. The highest BCUT2D eigenvalue weighted by Gasteiger charge is 2.49. The summed E-state index contributed by atoms with van der Waals surface area (Å²) in [5.41, 5.74) is 0. The Morgan fingerprint density at radius 2 is 1.79 bits per heavy atom. The van der Waals surface area contributed by atoms with Crippen molar-refractivity contribution in [3.8, 4) is 5.75 Å². The third kappa shape index (κ3) is 4.48. The molecule has 2 aliphatic rings. The van der Waals surface area contributed by atoms with Crippen molar-refractivity contribution in [2.24, 2.45) is 11.8 Å². The number of carboxylic acids is 1. The predicted molar refractivity (Wildman–Crippen MR) is 89.1 cm³/mol. The number of rotatable bonds is 10. The molecular formula is C19H26O5. The fourth-order valence-corrected chi connectivity index (χ4v) is 3.74. The quantitative estimate of drug-likeness (QED) is 0.666. The Morgan fingerprint density at radius 3 is 2.50 bits per heavy atom. The molecule has 0 amide bonds. The lowest BCUT2D eigenvalue weighted by atomic mass is 9.80. The van der Waals surface area contributed by atoms with E-state index >= 15 is 0 Å². The first-order valence-electron chi connectivity index (χ1n) is 8.87. The number of ether oxygens (including phenoxy) is 3. The van der Waals surface area contributed by atoms with Crippen LogP contribution < -0.4 is 4.74 Å². The highest BCUT2D eigenvalue weighted by atomic mass is 16.5. The molecule has 5 heteroatoms. The summed E-state index contributed by atoms with van der Waals surface area (Å²) in [5, 5.41) is 8.63. The fourth-order valence-electron chi connectivity index (χ4n) is 3.74. The highest BCUT2D eigenvalue weighted by molar-refractivity contribution is 5.66. The number of fused-ring (bicyclic) bond motifs is 2. The molecule has 1 aromatic carbocycles. The van der Waals surface area contributed by atoms with Crippen molar-refractivity contribution in [3.05, 3.63) is 30.3 Å². The van der Waals surface area contributed by atoms with Gasteiger partial charge in [0.2, 0.25) is 0 Å². The van der Waals surface area contributed by atoms with E-state index in [0.29, 0.717) is 50.3 Å². The second-order valence-corrected chi connectivity index (χ2v) is 6.67. The molecule has 2 aliphatic heterocycles. The molecule has 1 N–H and O–H groups in total. The van der Waals surface area contributed by atoms with E-state index in [4.69, 9.17) is 19.3 Å². The number of unbranched alkanes of at least 4 members (excludes halogenated alkanes) is 1. The molecule has 4 atom stereocenters. The molecule has 5 nitrogen and oxygen atoms in total. The van der Waals surface area contributed by atoms with Crippen molar-refractivity contribution in [1.82, 2.24) is 0 Å². The zero-order chi connectivity index (χ0) is 16.8. The molecule has 0 spiro atoms. The Hall–Kier alpha value is -1.59. The van der Waals surface area contributed by atoms with Gasteiger partial charge in [-0.15, -0.1) is 0 Å². The van der Waals surface area contributed by atoms with E-state index < -0.39 is 5.97 Å². The summed E-state index contributed by atoms with van der Waals surface area (Å²) in [6.07, 6.45) is 4.48. The number of hydrogen-bond acceptors (Lipinski definition) is 4. The van der Waals surface area contributed by atoms with Crippen molar-refractivity contribution < 1.29 is 24.1 Å². The maximum Gasteiger partial charge on any atom is 0.303 e. The third-order valence-corrected chi connectivity index (χ3v) is 5.02. The first-order valence-corrected chi connectivity index (χ1v) is 8.87. The van der Waals surface area contributed by atoms with Crippen molar-refractivity contribution in [1.29, 1.82) is 0 Å². The van der Waals surface area contributed by atoms with Gasteiger partial charge in [-0.1, -0.05) is 18.2 Å². The van der Waals surface area contributed by atoms with Crippen LogP contribution in [-0.4, -0.2) is 43.1 Å². The second kappa shape index (κ2) is 8.49.